The number of benzene rings is 1. The van der Waals surface area contributed by atoms with E-state index in [-0.39, 0.29) is 0 Å². The van der Waals surface area contributed by atoms with E-state index in [9.17, 15) is 5.11 Å². The number of hydrogen-bond donors (Lipinski definition) is 1. The van der Waals surface area contributed by atoms with E-state index >= 15 is 0 Å². The first-order valence-corrected chi connectivity index (χ1v) is 6.52. The molecule has 0 unspecified atom stereocenters. The van der Waals surface area contributed by atoms with Gasteiger partial charge in [0, 0.05) is 24.0 Å². The summed E-state index contributed by atoms with van der Waals surface area (Å²) in [5.41, 5.74) is 0.703. The Morgan fingerprint density at radius 3 is 2.69 bits per heavy atom. The highest BCUT2D eigenvalue weighted by Gasteiger charge is 2.31. The Kier molecular flexibility index (Phi) is 3.67. The zero-order chi connectivity index (χ0) is 11.6. The molecule has 1 N–H and O–H groups in total. The Labute approximate surface area is 105 Å². The number of nitrogens with zero attached hydrogens (tertiary/aromatic N) is 1. The highest BCUT2D eigenvalue weighted by atomic mass is 79.9. The maximum absolute atomic E-state index is 10.5. The fraction of sp³-hybridized carbons (Fsp3) is 0.538. The topological polar surface area (TPSA) is 23.5 Å². The van der Waals surface area contributed by atoms with Gasteiger partial charge < -0.3 is 10.0 Å². The minimum absolute atomic E-state index is 0.507. The van der Waals surface area contributed by atoms with Gasteiger partial charge in [-0.15, -0.1) is 0 Å². The van der Waals surface area contributed by atoms with E-state index in [1.54, 1.807) is 0 Å². The summed E-state index contributed by atoms with van der Waals surface area (Å²) < 4.78 is 1.08. The molecule has 2 nitrogen and oxygen atoms in total. The van der Waals surface area contributed by atoms with E-state index in [0.29, 0.717) is 0 Å². The normalized spacial score (nSPS) is 20.9. The van der Waals surface area contributed by atoms with Gasteiger partial charge in [-0.1, -0.05) is 28.1 Å². The lowest BCUT2D eigenvalue weighted by Gasteiger charge is -2.36. The summed E-state index contributed by atoms with van der Waals surface area (Å²) >= 11 is 3.46. The number of piperidine rings is 1. The predicted octanol–water partition coefficient (Wildman–Crippen LogP) is 2.45. The minimum atomic E-state index is -0.507. The van der Waals surface area contributed by atoms with Gasteiger partial charge in [0.25, 0.3) is 0 Å². The van der Waals surface area contributed by atoms with Gasteiger partial charge in [0.1, 0.15) is 0 Å². The number of aliphatic hydroxyl groups is 1. The first kappa shape index (κ1) is 12.1. The molecule has 1 heterocycles. The molecule has 1 aromatic rings. The molecule has 1 fully saturated rings. The third kappa shape index (κ3) is 3.06. The van der Waals surface area contributed by atoms with Gasteiger partial charge in [0.2, 0.25) is 0 Å². The molecular formula is C13H18BrNO. The maximum atomic E-state index is 10.5. The van der Waals surface area contributed by atoms with E-state index < -0.39 is 5.60 Å². The van der Waals surface area contributed by atoms with Crippen LogP contribution in [0.2, 0.25) is 0 Å². The number of hydrogen-bond acceptors (Lipinski definition) is 2. The fourth-order valence-corrected chi connectivity index (χ4v) is 2.69. The average molecular weight is 284 g/mol. The van der Waals surface area contributed by atoms with Crippen LogP contribution in [0.5, 0.6) is 0 Å². The lowest BCUT2D eigenvalue weighted by molar-refractivity contribution is -0.0150. The molecule has 0 saturated carbocycles. The van der Waals surface area contributed by atoms with Crippen molar-refractivity contribution >= 4 is 15.9 Å². The van der Waals surface area contributed by atoms with Crippen molar-refractivity contribution in [3.05, 3.63) is 34.3 Å². The Bertz CT molecular complexity index is 359. The summed E-state index contributed by atoms with van der Waals surface area (Å²) in [6, 6.07) is 8.22. The molecule has 1 aromatic carbocycles. The van der Waals surface area contributed by atoms with Gasteiger partial charge in [-0.25, -0.2) is 0 Å². The third-order valence-electron chi connectivity index (χ3n) is 3.34. The summed E-state index contributed by atoms with van der Waals surface area (Å²) in [5.74, 6) is 0. The van der Waals surface area contributed by atoms with Gasteiger partial charge in [0.15, 0.2) is 0 Å². The van der Waals surface area contributed by atoms with Crippen LogP contribution < -0.4 is 0 Å². The Morgan fingerprint density at radius 2 is 2.06 bits per heavy atom. The molecular weight excluding hydrogens is 266 g/mol. The van der Waals surface area contributed by atoms with E-state index in [1.807, 2.05) is 12.1 Å². The maximum Gasteiger partial charge on any atom is 0.0712 e. The van der Waals surface area contributed by atoms with Crippen LogP contribution in [0.15, 0.2) is 28.7 Å². The SMILES string of the molecule is CN1CCC(O)(Cc2cccc(Br)c2)CC1. The van der Waals surface area contributed by atoms with Crippen LogP contribution in [0.4, 0.5) is 0 Å². The Morgan fingerprint density at radius 1 is 1.38 bits per heavy atom. The minimum Gasteiger partial charge on any atom is -0.389 e. The zero-order valence-electron chi connectivity index (χ0n) is 9.62. The monoisotopic (exact) mass is 283 g/mol. The summed E-state index contributed by atoms with van der Waals surface area (Å²) in [6.07, 6.45) is 2.51. The highest BCUT2D eigenvalue weighted by Crippen LogP contribution is 2.26. The van der Waals surface area contributed by atoms with Crippen LogP contribution in [-0.4, -0.2) is 35.7 Å². The summed E-state index contributed by atoms with van der Waals surface area (Å²) in [6.45, 7) is 1.98. The first-order chi connectivity index (χ1) is 7.57. The van der Waals surface area contributed by atoms with Crippen LogP contribution in [0.25, 0.3) is 0 Å². The molecule has 1 saturated heterocycles. The fourth-order valence-electron chi connectivity index (χ4n) is 2.24. The Balaban J connectivity index is 2.03. The van der Waals surface area contributed by atoms with E-state index in [2.05, 4.69) is 40.0 Å². The van der Waals surface area contributed by atoms with Crippen molar-refractivity contribution in [2.45, 2.75) is 24.9 Å². The molecule has 0 atom stereocenters. The van der Waals surface area contributed by atoms with Gasteiger partial charge in [-0.3, -0.25) is 0 Å². The molecule has 0 aliphatic carbocycles. The average Bonchev–Trinajstić information content (AvgIpc) is 2.23. The van der Waals surface area contributed by atoms with Crippen LogP contribution >= 0.6 is 15.9 Å². The lowest BCUT2D eigenvalue weighted by atomic mass is 9.85. The standard InChI is InChI=1S/C13H18BrNO/c1-15-7-5-13(16,6-8-15)10-11-3-2-4-12(14)9-11/h2-4,9,16H,5-8,10H2,1H3. The number of halogens is 1. The summed E-state index contributed by atoms with van der Waals surface area (Å²) in [5, 5.41) is 10.5. The summed E-state index contributed by atoms with van der Waals surface area (Å²) in [7, 11) is 2.11. The molecule has 16 heavy (non-hydrogen) atoms. The van der Waals surface area contributed by atoms with Crippen LogP contribution in [-0.2, 0) is 6.42 Å². The van der Waals surface area contributed by atoms with Crippen molar-refractivity contribution < 1.29 is 5.11 Å². The van der Waals surface area contributed by atoms with Crippen molar-refractivity contribution in [2.75, 3.05) is 20.1 Å². The van der Waals surface area contributed by atoms with E-state index in [4.69, 9.17) is 0 Å². The third-order valence-corrected chi connectivity index (χ3v) is 3.83. The second-order valence-electron chi connectivity index (χ2n) is 4.83. The first-order valence-electron chi connectivity index (χ1n) is 5.73. The van der Waals surface area contributed by atoms with Gasteiger partial charge in [0.05, 0.1) is 5.60 Å². The molecule has 0 radical (unpaired) electrons. The summed E-state index contributed by atoms with van der Waals surface area (Å²) in [4.78, 5) is 2.27. The molecule has 1 aliphatic heterocycles. The van der Waals surface area contributed by atoms with E-state index in [0.717, 1.165) is 36.8 Å². The second-order valence-corrected chi connectivity index (χ2v) is 5.75. The van der Waals surface area contributed by atoms with E-state index in [1.165, 1.54) is 5.56 Å². The molecule has 2 rings (SSSR count). The van der Waals surface area contributed by atoms with Crippen molar-refractivity contribution in [1.82, 2.24) is 4.90 Å². The zero-order valence-corrected chi connectivity index (χ0v) is 11.2. The smallest absolute Gasteiger partial charge is 0.0712 e. The van der Waals surface area contributed by atoms with Gasteiger partial charge in [-0.05, 0) is 37.6 Å². The van der Waals surface area contributed by atoms with Crippen LogP contribution in [0.1, 0.15) is 18.4 Å². The van der Waals surface area contributed by atoms with Crippen molar-refractivity contribution in [1.29, 1.82) is 0 Å². The molecule has 0 amide bonds. The molecule has 3 heteroatoms. The van der Waals surface area contributed by atoms with Gasteiger partial charge in [-0.2, -0.15) is 0 Å². The number of likely N-dealkylation sites (tertiary alicyclic amines) is 1. The molecule has 88 valence electrons. The quantitative estimate of drug-likeness (QED) is 0.901. The highest BCUT2D eigenvalue weighted by molar-refractivity contribution is 9.10. The lowest BCUT2D eigenvalue weighted by Crippen LogP contribution is -2.44. The van der Waals surface area contributed by atoms with Crippen molar-refractivity contribution in [3.8, 4) is 0 Å². The molecule has 1 aliphatic rings. The van der Waals surface area contributed by atoms with Gasteiger partial charge >= 0.3 is 0 Å². The Hall–Kier alpha value is -0.380. The van der Waals surface area contributed by atoms with Crippen molar-refractivity contribution in [3.63, 3.8) is 0 Å². The van der Waals surface area contributed by atoms with Crippen LogP contribution in [0, 0.1) is 0 Å². The molecule has 0 aromatic heterocycles. The molecule has 0 bridgehead atoms. The largest absolute Gasteiger partial charge is 0.389 e. The van der Waals surface area contributed by atoms with Crippen LogP contribution in [0.3, 0.4) is 0 Å². The number of rotatable bonds is 2. The second kappa shape index (κ2) is 4.86. The molecule has 0 spiro atoms. The predicted molar refractivity (Wildman–Crippen MR) is 69.5 cm³/mol. The van der Waals surface area contributed by atoms with Crippen molar-refractivity contribution in [2.24, 2.45) is 0 Å².